The molecule has 130 valence electrons. The van der Waals surface area contributed by atoms with E-state index in [1.54, 1.807) is 23.9 Å². The van der Waals surface area contributed by atoms with Crippen molar-refractivity contribution >= 4 is 11.9 Å². The summed E-state index contributed by atoms with van der Waals surface area (Å²) >= 11 is 0. The number of hydrogen-bond donors (Lipinski definition) is 1. The van der Waals surface area contributed by atoms with Crippen molar-refractivity contribution < 1.29 is 9.59 Å². The molecule has 2 fully saturated rings. The van der Waals surface area contributed by atoms with Gasteiger partial charge >= 0.3 is 6.03 Å². The van der Waals surface area contributed by atoms with Crippen LogP contribution in [-0.4, -0.2) is 52.0 Å². The summed E-state index contributed by atoms with van der Waals surface area (Å²) in [6.07, 6.45) is 3.65. The van der Waals surface area contributed by atoms with Gasteiger partial charge in [0.05, 0.1) is 0 Å². The molecule has 0 aromatic carbocycles. The maximum Gasteiger partial charge on any atom is 0.324 e. The van der Waals surface area contributed by atoms with Gasteiger partial charge in [-0.05, 0) is 37.9 Å². The summed E-state index contributed by atoms with van der Waals surface area (Å²) in [6, 6.07) is 3.27. The minimum atomic E-state index is -0.836. The number of aromatic nitrogens is 1. The van der Waals surface area contributed by atoms with Gasteiger partial charge in [0, 0.05) is 45.4 Å². The third kappa shape index (κ3) is 2.84. The van der Waals surface area contributed by atoms with Crippen molar-refractivity contribution in [1.82, 2.24) is 19.7 Å². The van der Waals surface area contributed by atoms with E-state index in [0.29, 0.717) is 6.54 Å². The smallest absolute Gasteiger partial charge is 0.323 e. The number of piperidine rings is 1. The molecule has 3 heterocycles. The fourth-order valence-corrected chi connectivity index (χ4v) is 3.69. The molecular weight excluding hydrogens is 308 g/mol. The Labute approximate surface area is 141 Å². The number of imide groups is 1. The van der Waals surface area contributed by atoms with Gasteiger partial charge in [-0.3, -0.25) is 19.4 Å². The number of rotatable bonds is 3. The molecule has 24 heavy (non-hydrogen) atoms. The summed E-state index contributed by atoms with van der Waals surface area (Å²) in [5.74, 6) is -0.0906. The number of likely N-dealkylation sites (N-methyl/N-ethyl adjacent to an activating group) is 1. The Morgan fingerprint density at radius 2 is 2.04 bits per heavy atom. The highest BCUT2D eigenvalue weighted by Crippen LogP contribution is 2.32. The molecule has 7 nitrogen and oxygen atoms in total. The van der Waals surface area contributed by atoms with Crippen LogP contribution >= 0.6 is 0 Å². The number of amides is 3. The minimum absolute atomic E-state index is 0.0205. The predicted octanol–water partition coefficient (Wildman–Crippen LogP) is 0.538. The number of nitrogens with one attached hydrogen (secondary N) is 1. The van der Waals surface area contributed by atoms with Gasteiger partial charge in [-0.1, -0.05) is 0 Å². The largest absolute Gasteiger partial charge is 0.324 e. The molecule has 0 spiro atoms. The Bertz CT molecular complexity index is 729. The Morgan fingerprint density at radius 1 is 1.29 bits per heavy atom. The summed E-state index contributed by atoms with van der Waals surface area (Å²) in [5.41, 5.74) is 0.118. The van der Waals surface area contributed by atoms with Crippen molar-refractivity contribution in [3.05, 3.63) is 34.2 Å². The number of carbonyl (C=O) groups excluding carboxylic acids is 2. The van der Waals surface area contributed by atoms with Crippen molar-refractivity contribution in [3.8, 4) is 0 Å². The number of urea groups is 1. The fourth-order valence-electron chi connectivity index (χ4n) is 3.69. The summed E-state index contributed by atoms with van der Waals surface area (Å²) < 4.78 is 1.55. The van der Waals surface area contributed by atoms with E-state index in [1.807, 2.05) is 13.0 Å². The van der Waals surface area contributed by atoms with Gasteiger partial charge in [-0.2, -0.15) is 0 Å². The number of aryl methyl sites for hydroxylation is 1. The van der Waals surface area contributed by atoms with Crippen molar-refractivity contribution in [2.24, 2.45) is 13.0 Å². The molecule has 2 atom stereocenters. The predicted molar refractivity (Wildman–Crippen MR) is 89.4 cm³/mol. The first kappa shape index (κ1) is 16.7. The van der Waals surface area contributed by atoms with Crippen molar-refractivity contribution in [1.29, 1.82) is 0 Å². The Balaban J connectivity index is 1.72. The molecule has 0 radical (unpaired) electrons. The lowest BCUT2D eigenvalue weighted by Gasteiger charge is -2.39. The molecule has 2 aliphatic heterocycles. The zero-order chi connectivity index (χ0) is 17.5. The van der Waals surface area contributed by atoms with E-state index in [4.69, 9.17) is 0 Å². The van der Waals surface area contributed by atoms with E-state index >= 15 is 0 Å². The van der Waals surface area contributed by atoms with E-state index in [9.17, 15) is 14.4 Å². The standard InChI is InChI=1S/C17H24N4O3/c1-17(15(23)20(3)16(24)18-17)13-5-4-7-21(11-13)10-12-6-8-19(2)14(22)9-12/h6,8-9,13H,4-5,7,10-11H2,1-3H3,(H,18,24). The van der Waals surface area contributed by atoms with Gasteiger partial charge in [0.25, 0.3) is 11.5 Å². The maximum atomic E-state index is 12.5. The first-order valence-electron chi connectivity index (χ1n) is 8.29. The first-order valence-corrected chi connectivity index (χ1v) is 8.29. The molecule has 2 aliphatic rings. The molecule has 0 bridgehead atoms. The average molecular weight is 332 g/mol. The van der Waals surface area contributed by atoms with Crippen LogP contribution in [0.3, 0.4) is 0 Å². The van der Waals surface area contributed by atoms with Crippen LogP contribution in [0.5, 0.6) is 0 Å². The topological polar surface area (TPSA) is 74.7 Å². The number of carbonyl (C=O) groups is 2. The van der Waals surface area contributed by atoms with Crippen LogP contribution in [0.25, 0.3) is 0 Å². The number of nitrogens with zero attached hydrogens (tertiary/aromatic N) is 3. The molecule has 0 saturated carbocycles. The van der Waals surface area contributed by atoms with Crippen LogP contribution in [0.15, 0.2) is 23.1 Å². The third-order valence-electron chi connectivity index (χ3n) is 5.32. The lowest BCUT2D eigenvalue weighted by molar-refractivity contribution is -0.132. The van der Waals surface area contributed by atoms with Crippen molar-refractivity contribution in [2.45, 2.75) is 31.8 Å². The van der Waals surface area contributed by atoms with E-state index in [2.05, 4.69) is 10.2 Å². The van der Waals surface area contributed by atoms with Gasteiger partial charge in [0.15, 0.2) is 0 Å². The van der Waals surface area contributed by atoms with Crippen LogP contribution in [-0.2, 0) is 18.4 Å². The van der Waals surface area contributed by atoms with E-state index in [0.717, 1.165) is 31.5 Å². The number of hydrogen-bond acceptors (Lipinski definition) is 4. The first-order chi connectivity index (χ1) is 11.3. The molecule has 3 rings (SSSR count). The van der Waals surface area contributed by atoms with E-state index < -0.39 is 5.54 Å². The molecule has 1 aromatic heterocycles. The normalized spacial score (nSPS) is 28.3. The highest BCUT2D eigenvalue weighted by molar-refractivity contribution is 6.06. The maximum absolute atomic E-state index is 12.5. The summed E-state index contributed by atoms with van der Waals surface area (Å²) in [7, 11) is 3.25. The van der Waals surface area contributed by atoms with Crippen molar-refractivity contribution in [3.63, 3.8) is 0 Å². The van der Waals surface area contributed by atoms with Crippen LogP contribution in [0.4, 0.5) is 4.79 Å². The zero-order valence-corrected chi connectivity index (χ0v) is 14.4. The van der Waals surface area contributed by atoms with E-state index in [1.165, 1.54) is 11.9 Å². The van der Waals surface area contributed by atoms with Crippen molar-refractivity contribution in [2.75, 3.05) is 20.1 Å². The van der Waals surface area contributed by atoms with Gasteiger partial charge in [0.1, 0.15) is 5.54 Å². The zero-order valence-electron chi connectivity index (χ0n) is 14.4. The second-order valence-corrected chi connectivity index (χ2v) is 7.06. The van der Waals surface area contributed by atoms with Crippen LogP contribution in [0.2, 0.25) is 0 Å². The van der Waals surface area contributed by atoms with Gasteiger partial charge in [-0.25, -0.2) is 4.79 Å². The summed E-state index contributed by atoms with van der Waals surface area (Å²) in [5, 5.41) is 2.86. The second-order valence-electron chi connectivity index (χ2n) is 7.06. The Hall–Kier alpha value is -2.15. The highest BCUT2D eigenvalue weighted by atomic mass is 16.2. The third-order valence-corrected chi connectivity index (χ3v) is 5.32. The molecule has 7 heteroatoms. The van der Waals surface area contributed by atoms with Gasteiger partial charge < -0.3 is 9.88 Å². The molecule has 0 aliphatic carbocycles. The molecule has 2 unspecified atom stereocenters. The summed E-state index contributed by atoms with van der Waals surface area (Å²) in [4.78, 5) is 39.5. The van der Waals surface area contributed by atoms with Gasteiger partial charge in [0.2, 0.25) is 0 Å². The van der Waals surface area contributed by atoms with Crippen LogP contribution in [0.1, 0.15) is 25.3 Å². The quantitative estimate of drug-likeness (QED) is 0.820. The van der Waals surface area contributed by atoms with E-state index in [-0.39, 0.29) is 23.4 Å². The Kier molecular flexibility index (Phi) is 4.21. The average Bonchev–Trinajstić information content (AvgIpc) is 2.76. The van der Waals surface area contributed by atoms with Crippen LogP contribution < -0.4 is 10.9 Å². The molecule has 1 aromatic rings. The highest BCUT2D eigenvalue weighted by Gasteiger charge is 2.51. The molecule has 3 amide bonds. The SMILES string of the molecule is CN1C(=O)NC(C)(C2CCCN(Cc3ccn(C)c(=O)c3)C2)C1=O. The monoisotopic (exact) mass is 332 g/mol. The lowest BCUT2D eigenvalue weighted by Crippen LogP contribution is -2.55. The number of pyridine rings is 1. The van der Waals surface area contributed by atoms with Crippen LogP contribution in [0, 0.1) is 5.92 Å². The molecule has 1 N–H and O–H groups in total. The number of likely N-dealkylation sites (tertiary alicyclic amines) is 1. The Morgan fingerprint density at radius 3 is 2.67 bits per heavy atom. The molecule has 2 saturated heterocycles. The van der Waals surface area contributed by atoms with Gasteiger partial charge in [-0.15, -0.1) is 0 Å². The molecular formula is C17H24N4O3. The minimum Gasteiger partial charge on any atom is -0.323 e. The summed E-state index contributed by atoms with van der Waals surface area (Å²) in [6.45, 7) is 4.16. The fraction of sp³-hybridized carbons (Fsp3) is 0.588. The lowest BCUT2D eigenvalue weighted by atomic mass is 9.80. The second kappa shape index (κ2) is 6.05.